The molecular formula is C144H132N6. The maximum Gasteiger partial charge on any atom is 0.0540 e. The first-order chi connectivity index (χ1) is 72.2. The largest absolute Gasteiger partial charge is 0.310 e. The molecule has 0 aliphatic rings. The summed E-state index contributed by atoms with van der Waals surface area (Å²) in [4.78, 5) is 14.7. The summed E-state index contributed by atoms with van der Waals surface area (Å²) in [5.74, 6) is 0. The summed E-state index contributed by atoms with van der Waals surface area (Å²) in [6, 6.07) is 137. The van der Waals surface area contributed by atoms with E-state index in [0.717, 1.165) is 22.7 Å². The van der Waals surface area contributed by atoms with Gasteiger partial charge in [-0.05, 0) is 524 Å². The van der Waals surface area contributed by atoms with Crippen LogP contribution in [0.2, 0.25) is 0 Å². The third kappa shape index (κ3) is 18.0. The predicted octanol–water partition coefficient (Wildman–Crippen LogP) is 42.0. The van der Waals surface area contributed by atoms with Crippen molar-refractivity contribution in [3.63, 3.8) is 0 Å². The van der Waals surface area contributed by atoms with E-state index >= 15 is 0 Å². The van der Waals surface area contributed by atoms with Crippen LogP contribution in [-0.4, -0.2) is 0 Å². The van der Waals surface area contributed by atoms with Gasteiger partial charge in [0.25, 0.3) is 0 Å². The van der Waals surface area contributed by atoms with E-state index in [-0.39, 0.29) is 0 Å². The molecular weight excluding hydrogens is 1810 g/mol. The number of hydrogen-bond acceptors (Lipinski definition) is 6. The summed E-state index contributed by atoms with van der Waals surface area (Å²) in [6.07, 6.45) is 0. The van der Waals surface area contributed by atoms with Gasteiger partial charge in [-0.15, -0.1) is 0 Å². The van der Waals surface area contributed by atoms with Crippen LogP contribution in [0.3, 0.4) is 0 Å². The van der Waals surface area contributed by atoms with Crippen molar-refractivity contribution in [2.45, 2.75) is 166 Å². The third-order valence-corrected chi connectivity index (χ3v) is 32.0. The number of benzene rings is 24. The minimum Gasteiger partial charge on any atom is -0.310 e. The highest BCUT2D eigenvalue weighted by atomic mass is 15.2. The van der Waals surface area contributed by atoms with Gasteiger partial charge >= 0.3 is 0 Å². The van der Waals surface area contributed by atoms with Gasteiger partial charge in [0.05, 0.1) is 34.1 Å². The summed E-state index contributed by atoms with van der Waals surface area (Å²) in [5.41, 5.74) is 52.1. The van der Waals surface area contributed by atoms with Gasteiger partial charge in [0.2, 0.25) is 0 Å². The molecule has 0 bridgehead atoms. The van der Waals surface area contributed by atoms with Crippen LogP contribution in [0.25, 0.3) is 97.0 Å². The fraction of sp³-hybridized carbons (Fsp3) is 0.167. The summed E-state index contributed by atoms with van der Waals surface area (Å²) < 4.78 is 0. The molecule has 0 saturated carbocycles. The van der Waals surface area contributed by atoms with Gasteiger partial charge in [-0.25, -0.2) is 0 Å². The molecule has 0 atom stereocenters. The third-order valence-electron chi connectivity index (χ3n) is 32.0. The lowest BCUT2D eigenvalue weighted by atomic mass is 9.91. The van der Waals surface area contributed by atoms with Crippen LogP contribution in [0.4, 0.5) is 102 Å². The van der Waals surface area contributed by atoms with E-state index in [1.165, 1.54) is 310 Å². The maximum atomic E-state index is 2.49. The van der Waals surface area contributed by atoms with Gasteiger partial charge in [-0.3, -0.25) is 0 Å². The highest BCUT2D eigenvalue weighted by molar-refractivity contribution is 6.31. The summed E-state index contributed by atoms with van der Waals surface area (Å²) in [5, 5.41) is 22.8. The molecule has 0 heterocycles. The van der Waals surface area contributed by atoms with E-state index in [9.17, 15) is 0 Å². The molecule has 0 aliphatic carbocycles. The molecule has 738 valence electrons. The zero-order chi connectivity index (χ0) is 105. The topological polar surface area (TPSA) is 19.4 Å². The molecule has 0 aromatic heterocycles. The van der Waals surface area contributed by atoms with Crippen molar-refractivity contribution in [3.8, 4) is 0 Å². The zero-order valence-corrected chi connectivity index (χ0v) is 91.3. The first-order valence-corrected chi connectivity index (χ1v) is 53.0. The highest BCUT2D eigenvalue weighted by Gasteiger charge is 2.30. The van der Waals surface area contributed by atoms with E-state index in [1.54, 1.807) is 0 Å². The minimum atomic E-state index is 1.15. The van der Waals surface area contributed by atoms with Crippen LogP contribution < -0.4 is 29.4 Å². The molecule has 0 amide bonds. The molecule has 0 fully saturated rings. The van der Waals surface area contributed by atoms with Crippen molar-refractivity contribution in [3.05, 3.63) is 498 Å². The first kappa shape index (κ1) is 97.9. The second-order valence-electron chi connectivity index (χ2n) is 43.3. The SMILES string of the molecule is Cc1cc(C)cc(N(c2cc(C)cc(C)c2)c2ccc3ccc4c(N(c5cc(C)cc(C)c5)c5cc(C)cc(C)c5)ccc5ccc2c3c54)c1.Cc1cc(N(c2cc(C)c(C)c(C)c2)c2ccc3ccc4c(N(c5cc(C)c(C)c(C)c5)c5cc(C)c(C)c(C)c5)ccc5ccc2c3c54)cc(C)c1C.Cc1ccc(N(c2ccc(C)cc2)c2ccc3ccc4c(N(c5ccc(C)cc5)c5ccc(C)cc5)ccc5ccc2c3c54)cc1. The van der Waals surface area contributed by atoms with Crippen LogP contribution >= 0.6 is 0 Å². The molecule has 24 aromatic rings. The number of hydrogen-bond donors (Lipinski definition) is 0. The van der Waals surface area contributed by atoms with Gasteiger partial charge in [0.15, 0.2) is 0 Å². The zero-order valence-electron chi connectivity index (χ0n) is 91.3. The number of aryl methyl sites for hydroxylation is 20. The van der Waals surface area contributed by atoms with Gasteiger partial charge in [0.1, 0.15) is 0 Å². The molecule has 0 unspecified atom stereocenters. The Morgan fingerprint density at radius 3 is 0.380 bits per heavy atom. The lowest BCUT2D eigenvalue weighted by molar-refractivity contribution is 1.19. The Morgan fingerprint density at radius 1 is 0.107 bits per heavy atom. The normalized spacial score (nSPS) is 11.6. The monoisotopic (exact) mass is 1950 g/mol. The number of nitrogens with zero attached hydrogens (tertiary/aromatic N) is 6. The molecule has 0 N–H and O–H groups in total. The molecule has 24 aromatic carbocycles. The standard InChI is InChI=1S/C52H52N2.C48H44N2.C44H36N2/c1-29-21-43(22-30(2)37(29)9)53(44-23-31(3)38(10)32(4)24-44)49-19-15-41-14-18-48-50(20-16-42-13-17-47(49)51(41)52(42)48)54(45-25-33(5)39(11)34(6)26-45)46-27-35(7)40(12)36(8)28-46;1-29-17-30(2)22-39(21-29)49(40-23-31(3)18-32(4)24-40)45-15-11-37-10-14-44-46(16-12-38-9-13-43(45)47(37)48(38)44)50(41-25-33(5)19-34(6)26-41)42-27-35(7)20-36(8)28-42;1-29-5-17-35(18-6-29)45(36-19-7-30(2)8-20-36)41-27-15-33-14-26-40-42(28-16-34-13-25-39(41)43(33)44(34)40)46(37-21-9-31(3)10-22-37)38-23-11-32(4)12-24-38/h13-28H,1-12H3;9-28H,1-8H3;5-28H,1-4H3. The smallest absolute Gasteiger partial charge is 0.0540 e. The van der Waals surface area contributed by atoms with Gasteiger partial charge < -0.3 is 29.4 Å². The number of rotatable bonds is 18. The van der Waals surface area contributed by atoms with Gasteiger partial charge in [-0.2, -0.15) is 0 Å². The molecule has 0 aliphatic heterocycles. The van der Waals surface area contributed by atoms with E-state index in [2.05, 4.69) is 560 Å². The summed E-state index contributed by atoms with van der Waals surface area (Å²) >= 11 is 0. The highest BCUT2D eigenvalue weighted by Crippen LogP contribution is 2.55. The number of anilines is 18. The Morgan fingerprint density at radius 2 is 0.233 bits per heavy atom. The van der Waals surface area contributed by atoms with Crippen LogP contribution in [-0.2, 0) is 0 Å². The lowest BCUT2D eigenvalue weighted by Crippen LogP contribution is -2.13. The van der Waals surface area contributed by atoms with E-state index in [1.807, 2.05) is 0 Å². The molecule has 6 heteroatoms. The van der Waals surface area contributed by atoms with Gasteiger partial charge in [0, 0.05) is 101 Å². The Balaban J connectivity index is 0.000000128. The molecule has 0 radical (unpaired) electrons. The molecule has 150 heavy (non-hydrogen) atoms. The fourth-order valence-corrected chi connectivity index (χ4v) is 23.7. The van der Waals surface area contributed by atoms with Crippen molar-refractivity contribution in [2.24, 2.45) is 0 Å². The second-order valence-corrected chi connectivity index (χ2v) is 43.3. The Bertz CT molecular complexity index is 8400. The first-order valence-electron chi connectivity index (χ1n) is 53.0. The molecule has 0 saturated heterocycles. The average Bonchev–Trinajstić information content (AvgIpc) is 0.723. The quantitative estimate of drug-likeness (QED) is 0.0792. The maximum absolute atomic E-state index is 2.49. The van der Waals surface area contributed by atoms with Crippen molar-refractivity contribution >= 4 is 199 Å². The second kappa shape index (κ2) is 39.1. The van der Waals surface area contributed by atoms with Crippen LogP contribution in [0.15, 0.2) is 364 Å². The van der Waals surface area contributed by atoms with E-state index in [4.69, 9.17) is 0 Å². The van der Waals surface area contributed by atoms with Crippen molar-refractivity contribution in [1.29, 1.82) is 0 Å². The van der Waals surface area contributed by atoms with Gasteiger partial charge in [-0.1, -0.05) is 204 Å². The van der Waals surface area contributed by atoms with Crippen LogP contribution in [0.1, 0.15) is 134 Å². The van der Waals surface area contributed by atoms with Crippen LogP contribution in [0.5, 0.6) is 0 Å². The molecule has 24 rings (SSSR count). The van der Waals surface area contributed by atoms with E-state index < -0.39 is 0 Å². The lowest BCUT2D eigenvalue weighted by Gasteiger charge is -2.31. The Labute approximate surface area is 886 Å². The van der Waals surface area contributed by atoms with Crippen molar-refractivity contribution in [1.82, 2.24) is 0 Å². The fourth-order valence-electron chi connectivity index (χ4n) is 23.7. The molecule has 0 spiro atoms. The predicted molar refractivity (Wildman–Crippen MR) is 652 cm³/mol. The van der Waals surface area contributed by atoms with E-state index in [0.29, 0.717) is 0 Å². The average molecular weight is 1950 g/mol. The van der Waals surface area contributed by atoms with Crippen LogP contribution in [0, 0.1) is 166 Å². The summed E-state index contributed by atoms with van der Waals surface area (Å²) in [6.45, 7) is 52.9. The summed E-state index contributed by atoms with van der Waals surface area (Å²) in [7, 11) is 0. The molecule has 6 nitrogen and oxygen atoms in total. The Kier molecular flexibility index (Phi) is 25.5. The minimum absolute atomic E-state index is 1.15. The Hall–Kier alpha value is -16.8. The van der Waals surface area contributed by atoms with Crippen molar-refractivity contribution in [2.75, 3.05) is 29.4 Å². The van der Waals surface area contributed by atoms with Crippen molar-refractivity contribution < 1.29 is 0 Å².